The van der Waals surface area contributed by atoms with E-state index in [1.54, 1.807) is 0 Å². The summed E-state index contributed by atoms with van der Waals surface area (Å²) in [6.45, 7) is 3.36. The predicted molar refractivity (Wildman–Crippen MR) is 51.8 cm³/mol. The lowest BCUT2D eigenvalue weighted by atomic mass is 9.92. The van der Waals surface area contributed by atoms with E-state index >= 15 is 0 Å². The summed E-state index contributed by atoms with van der Waals surface area (Å²) in [5.41, 5.74) is 0. The van der Waals surface area contributed by atoms with Crippen molar-refractivity contribution < 1.29 is 14.7 Å². The Hall–Kier alpha value is -1.06. The molecular formula is C10H17NO3. The zero-order valence-corrected chi connectivity index (χ0v) is 8.53. The van der Waals surface area contributed by atoms with Crippen molar-refractivity contribution in [3.05, 3.63) is 0 Å². The lowest BCUT2D eigenvalue weighted by Crippen LogP contribution is -2.42. The quantitative estimate of drug-likeness (QED) is 0.678. The van der Waals surface area contributed by atoms with Crippen LogP contribution in [0, 0.1) is 5.92 Å². The van der Waals surface area contributed by atoms with E-state index in [2.05, 4.69) is 6.92 Å². The Balaban J connectivity index is 2.35. The number of piperidine rings is 1. The molecule has 1 heterocycles. The minimum absolute atomic E-state index is 0.607. The molecule has 0 aliphatic carbocycles. The maximum atomic E-state index is 11.1. The molecule has 0 atom stereocenters. The number of aliphatic carboxylic acids is 1. The highest BCUT2D eigenvalue weighted by Gasteiger charge is 2.25. The van der Waals surface area contributed by atoms with Crippen molar-refractivity contribution in [3.63, 3.8) is 0 Å². The zero-order chi connectivity index (χ0) is 10.6. The number of carboxylic acid groups (broad SMARTS) is 1. The normalized spacial score (nSPS) is 18.2. The topological polar surface area (TPSA) is 57.6 Å². The summed E-state index contributed by atoms with van der Waals surface area (Å²) in [5, 5.41) is 8.51. The Kier molecular flexibility index (Phi) is 3.92. The molecule has 1 saturated heterocycles. The highest BCUT2D eigenvalue weighted by atomic mass is 16.4. The number of hydrogen-bond donors (Lipinski definition) is 1. The third-order valence-corrected chi connectivity index (χ3v) is 2.78. The Morgan fingerprint density at radius 1 is 1.36 bits per heavy atom. The molecule has 0 saturated carbocycles. The van der Waals surface area contributed by atoms with Crippen LogP contribution in [0.1, 0.15) is 32.6 Å². The van der Waals surface area contributed by atoms with Gasteiger partial charge in [0.05, 0.1) is 0 Å². The first-order chi connectivity index (χ1) is 6.65. The molecular weight excluding hydrogens is 182 g/mol. The van der Waals surface area contributed by atoms with Crippen LogP contribution in [0.3, 0.4) is 0 Å². The summed E-state index contributed by atoms with van der Waals surface area (Å²) in [4.78, 5) is 22.9. The summed E-state index contributed by atoms with van der Waals surface area (Å²) in [6.07, 6.45) is 4.26. The second kappa shape index (κ2) is 4.98. The van der Waals surface area contributed by atoms with Gasteiger partial charge in [0.25, 0.3) is 0 Å². The molecule has 1 rings (SSSR count). The van der Waals surface area contributed by atoms with E-state index in [0.29, 0.717) is 19.0 Å². The Morgan fingerprint density at radius 2 is 1.93 bits per heavy atom. The Morgan fingerprint density at radius 3 is 2.36 bits per heavy atom. The van der Waals surface area contributed by atoms with Gasteiger partial charge >= 0.3 is 11.9 Å². The van der Waals surface area contributed by atoms with E-state index < -0.39 is 11.9 Å². The van der Waals surface area contributed by atoms with Crippen LogP contribution in [0.15, 0.2) is 0 Å². The highest BCUT2D eigenvalue weighted by molar-refractivity contribution is 6.31. The van der Waals surface area contributed by atoms with Gasteiger partial charge in [0, 0.05) is 13.1 Å². The first kappa shape index (κ1) is 11.0. The number of carbonyl (C=O) groups is 2. The number of rotatable bonds is 2. The smallest absolute Gasteiger partial charge is 0.394 e. The van der Waals surface area contributed by atoms with Crippen LogP contribution in [0.2, 0.25) is 0 Å². The molecule has 1 amide bonds. The van der Waals surface area contributed by atoms with Gasteiger partial charge in [0.15, 0.2) is 0 Å². The summed E-state index contributed by atoms with van der Waals surface area (Å²) in [6, 6.07) is 0. The van der Waals surface area contributed by atoms with E-state index in [0.717, 1.165) is 19.3 Å². The van der Waals surface area contributed by atoms with Crippen molar-refractivity contribution in [2.24, 2.45) is 5.92 Å². The fraction of sp³-hybridized carbons (Fsp3) is 0.800. The molecule has 4 heteroatoms. The van der Waals surface area contributed by atoms with Gasteiger partial charge < -0.3 is 10.0 Å². The molecule has 0 bridgehead atoms. The van der Waals surface area contributed by atoms with Gasteiger partial charge in [0.1, 0.15) is 0 Å². The molecule has 0 aromatic carbocycles. The number of hydrogen-bond acceptors (Lipinski definition) is 2. The summed E-state index contributed by atoms with van der Waals surface area (Å²) >= 11 is 0. The van der Waals surface area contributed by atoms with Gasteiger partial charge in [-0.3, -0.25) is 4.79 Å². The molecule has 1 aliphatic rings. The second-order valence-corrected chi connectivity index (χ2v) is 3.83. The zero-order valence-electron chi connectivity index (χ0n) is 8.53. The van der Waals surface area contributed by atoms with E-state index in [-0.39, 0.29) is 0 Å². The first-order valence-electron chi connectivity index (χ1n) is 5.17. The third-order valence-electron chi connectivity index (χ3n) is 2.78. The van der Waals surface area contributed by atoms with E-state index in [1.807, 2.05) is 0 Å². The average molecular weight is 199 g/mol. The monoisotopic (exact) mass is 199 g/mol. The van der Waals surface area contributed by atoms with E-state index in [1.165, 1.54) is 11.3 Å². The van der Waals surface area contributed by atoms with Gasteiger partial charge in [-0.15, -0.1) is 0 Å². The van der Waals surface area contributed by atoms with Crippen LogP contribution in [-0.4, -0.2) is 35.0 Å². The van der Waals surface area contributed by atoms with Gasteiger partial charge in [-0.2, -0.15) is 0 Å². The average Bonchev–Trinajstić information content (AvgIpc) is 2.18. The molecule has 0 aromatic rings. The van der Waals surface area contributed by atoms with Crippen LogP contribution >= 0.6 is 0 Å². The van der Waals surface area contributed by atoms with Crippen molar-refractivity contribution in [1.82, 2.24) is 4.90 Å². The largest absolute Gasteiger partial charge is 0.474 e. The van der Waals surface area contributed by atoms with Crippen LogP contribution in [-0.2, 0) is 9.59 Å². The predicted octanol–water partition coefficient (Wildman–Crippen LogP) is 1.11. The standard InChI is InChI=1S/C10H17NO3/c1-2-3-8-4-6-11(7-5-8)9(12)10(13)14/h8H,2-7H2,1H3,(H,13,14). The van der Waals surface area contributed by atoms with Crippen molar-refractivity contribution in [2.75, 3.05) is 13.1 Å². The second-order valence-electron chi connectivity index (χ2n) is 3.83. The van der Waals surface area contributed by atoms with Crippen LogP contribution < -0.4 is 0 Å². The maximum absolute atomic E-state index is 11.1. The summed E-state index contributed by atoms with van der Waals surface area (Å²) in [7, 11) is 0. The molecule has 4 nitrogen and oxygen atoms in total. The molecule has 0 radical (unpaired) electrons. The third kappa shape index (κ3) is 2.72. The molecule has 1 N–H and O–H groups in total. The van der Waals surface area contributed by atoms with E-state index in [9.17, 15) is 9.59 Å². The van der Waals surface area contributed by atoms with Crippen LogP contribution in [0.4, 0.5) is 0 Å². The van der Waals surface area contributed by atoms with E-state index in [4.69, 9.17) is 5.11 Å². The molecule has 1 aliphatic heterocycles. The molecule has 0 spiro atoms. The molecule has 0 unspecified atom stereocenters. The number of likely N-dealkylation sites (tertiary alicyclic amines) is 1. The number of carboxylic acids is 1. The molecule has 0 aromatic heterocycles. The first-order valence-corrected chi connectivity index (χ1v) is 5.17. The van der Waals surface area contributed by atoms with Crippen molar-refractivity contribution in [3.8, 4) is 0 Å². The van der Waals surface area contributed by atoms with Gasteiger partial charge in [-0.05, 0) is 18.8 Å². The maximum Gasteiger partial charge on any atom is 0.394 e. The van der Waals surface area contributed by atoms with Crippen molar-refractivity contribution in [1.29, 1.82) is 0 Å². The van der Waals surface area contributed by atoms with Crippen LogP contribution in [0.25, 0.3) is 0 Å². The fourth-order valence-corrected chi connectivity index (χ4v) is 1.97. The number of amides is 1. The van der Waals surface area contributed by atoms with Gasteiger partial charge in [-0.25, -0.2) is 4.79 Å². The SMILES string of the molecule is CCCC1CCN(C(=O)C(=O)O)CC1. The fourth-order valence-electron chi connectivity index (χ4n) is 1.97. The van der Waals surface area contributed by atoms with Gasteiger partial charge in [-0.1, -0.05) is 19.8 Å². The van der Waals surface area contributed by atoms with Crippen molar-refractivity contribution in [2.45, 2.75) is 32.6 Å². The van der Waals surface area contributed by atoms with Crippen LogP contribution in [0.5, 0.6) is 0 Å². The Bertz CT molecular complexity index is 219. The Labute approximate surface area is 83.9 Å². The minimum Gasteiger partial charge on any atom is -0.474 e. The lowest BCUT2D eigenvalue weighted by Gasteiger charge is -2.30. The number of carbonyl (C=O) groups excluding carboxylic acids is 1. The molecule has 1 fully saturated rings. The molecule has 14 heavy (non-hydrogen) atoms. The molecule has 80 valence electrons. The highest BCUT2D eigenvalue weighted by Crippen LogP contribution is 2.21. The number of nitrogens with zero attached hydrogens (tertiary/aromatic N) is 1. The van der Waals surface area contributed by atoms with Crippen molar-refractivity contribution >= 4 is 11.9 Å². The minimum atomic E-state index is -1.33. The lowest BCUT2D eigenvalue weighted by molar-refractivity contribution is -0.156. The summed E-state index contributed by atoms with van der Waals surface area (Å²) in [5.74, 6) is -1.41. The van der Waals surface area contributed by atoms with Gasteiger partial charge in [0.2, 0.25) is 0 Å². The summed E-state index contributed by atoms with van der Waals surface area (Å²) < 4.78 is 0.